The fourth-order valence-corrected chi connectivity index (χ4v) is 1.51. The zero-order valence-corrected chi connectivity index (χ0v) is 8.02. The molecule has 2 nitrogen and oxygen atoms in total. The third-order valence-electron chi connectivity index (χ3n) is 2.00. The molecule has 0 aliphatic carbocycles. The van der Waals surface area contributed by atoms with E-state index in [1.807, 2.05) is 11.8 Å². The minimum Gasteiger partial charge on any atom is -0.401 e. The summed E-state index contributed by atoms with van der Waals surface area (Å²) < 4.78 is 13.2. The lowest BCUT2D eigenvalue weighted by Gasteiger charge is -2.22. The summed E-state index contributed by atoms with van der Waals surface area (Å²) in [6.07, 6.45) is 0. The molecule has 1 aliphatic heterocycles. The number of alkyl halides is 1. The molecule has 1 heterocycles. The summed E-state index contributed by atoms with van der Waals surface area (Å²) >= 11 is 0. The number of rotatable bonds is 2. The molecule has 1 rings (SSSR count). The van der Waals surface area contributed by atoms with Crippen LogP contribution in [0.4, 0.5) is 4.39 Å². The third-order valence-corrected chi connectivity index (χ3v) is 2.00. The van der Waals surface area contributed by atoms with Crippen molar-refractivity contribution in [3.05, 3.63) is 11.3 Å². The van der Waals surface area contributed by atoms with Gasteiger partial charge in [0.15, 0.2) is 0 Å². The van der Waals surface area contributed by atoms with Crippen LogP contribution in [-0.4, -0.2) is 30.2 Å². The van der Waals surface area contributed by atoms with Gasteiger partial charge in [-0.25, -0.2) is 4.39 Å². The Kier molecular flexibility index (Phi) is 2.42. The lowest BCUT2D eigenvalue weighted by Crippen LogP contribution is -2.35. The fourth-order valence-electron chi connectivity index (χ4n) is 1.51. The normalized spacial score (nSPS) is 20.7. The van der Waals surface area contributed by atoms with Crippen LogP contribution in [-0.2, 0) is 0 Å². The van der Waals surface area contributed by atoms with Crippen LogP contribution in [0.5, 0.6) is 0 Å². The van der Waals surface area contributed by atoms with Crippen molar-refractivity contribution in [2.45, 2.75) is 26.4 Å². The topological polar surface area (TPSA) is 29.3 Å². The van der Waals surface area contributed by atoms with Gasteiger partial charge < -0.3 is 5.73 Å². The van der Waals surface area contributed by atoms with Gasteiger partial charge >= 0.3 is 0 Å². The molecule has 0 bridgehead atoms. The molecule has 2 N–H and O–H groups in total. The standard InChI is InChI=1S/C9H17FN2/c1-7-4-12(5-8(7)11)6-9(2,3)10/h4-6,11H2,1-3H3. The summed E-state index contributed by atoms with van der Waals surface area (Å²) in [4.78, 5) is 2.03. The monoisotopic (exact) mass is 172 g/mol. The van der Waals surface area contributed by atoms with E-state index < -0.39 is 5.67 Å². The predicted molar refractivity (Wildman–Crippen MR) is 48.5 cm³/mol. The molecule has 0 spiro atoms. The summed E-state index contributed by atoms with van der Waals surface area (Å²) in [6.45, 7) is 7.19. The first-order valence-corrected chi connectivity index (χ1v) is 4.24. The number of halogens is 1. The van der Waals surface area contributed by atoms with Crippen molar-refractivity contribution < 1.29 is 4.39 Å². The molecular formula is C9H17FN2. The first kappa shape index (κ1) is 9.52. The average molecular weight is 172 g/mol. The zero-order chi connectivity index (χ0) is 9.35. The Morgan fingerprint density at radius 3 is 2.42 bits per heavy atom. The maximum absolute atomic E-state index is 13.2. The molecular weight excluding hydrogens is 155 g/mol. The molecule has 0 atom stereocenters. The minimum absolute atomic E-state index is 0.463. The van der Waals surface area contributed by atoms with Gasteiger partial charge in [0.1, 0.15) is 5.67 Å². The van der Waals surface area contributed by atoms with Gasteiger partial charge in [0, 0.05) is 25.3 Å². The van der Waals surface area contributed by atoms with Crippen molar-refractivity contribution >= 4 is 0 Å². The van der Waals surface area contributed by atoms with Crippen LogP contribution >= 0.6 is 0 Å². The van der Waals surface area contributed by atoms with Crippen LogP contribution in [0.15, 0.2) is 11.3 Å². The predicted octanol–water partition coefficient (Wildman–Crippen LogP) is 1.28. The lowest BCUT2D eigenvalue weighted by atomic mass is 10.1. The molecule has 0 aromatic carbocycles. The second kappa shape index (κ2) is 3.05. The lowest BCUT2D eigenvalue weighted by molar-refractivity contribution is 0.144. The van der Waals surface area contributed by atoms with E-state index in [1.165, 1.54) is 5.57 Å². The van der Waals surface area contributed by atoms with Gasteiger partial charge in [-0.05, 0) is 26.3 Å². The van der Waals surface area contributed by atoms with Crippen molar-refractivity contribution in [3.63, 3.8) is 0 Å². The van der Waals surface area contributed by atoms with Crippen LogP contribution in [0.3, 0.4) is 0 Å². The molecule has 0 saturated carbocycles. The summed E-state index contributed by atoms with van der Waals surface area (Å²) in [6, 6.07) is 0. The molecule has 0 saturated heterocycles. The molecule has 0 radical (unpaired) electrons. The van der Waals surface area contributed by atoms with Crippen LogP contribution in [0, 0.1) is 0 Å². The van der Waals surface area contributed by atoms with E-state index in [4.69, 9.17) is 5.73 Å². The minimum atomic E-state index is -1.12. The van der Waals surface area contributed by atoms with E-state index in [9.17, 15) is 4.39 Å². The van der Waals surface area contributed by atoms with Crippen LogP contribution < -0.4 is 5.73 Å². The first-order valence-electron chi connectivity index (χ1n) is 4.24. The van der Waals surface area contributed by atoms with Crippen molar-refractivity contribution in [3.8, 4) is 0 Å². The second-order valence-electron chi connectivity index (χ2n) is 4.17. The SMILES string of the molecule is CC1=C(N)CN(CC(C)(C)F)C1. The quantitative estimate of drug-likeness (QED) is 0.680. The van der Waals surface area contributed by atoms with Gasteiger partial charge in [0.05, 0.1) is 0 Å². The number of nitrogens with zero attached hydrogens (tertiary/aromatic N) is 1. The maximum atomic E-state index is 13.2. The summed E-state index contributed by atoms with van der Waals surface area (Å²) in [5.41, 5.74) is 6.66. The van der Waals surface area contributed by atoms with Gasteiger partial charge in [-0.3, -0.25) is 4.90 Å². The molecule has 0 aromatic heterocycles. The Morgan fingerprint density at radius 1 is 1.50 bits per heavy atom. The van der Waals surface area contributed by atoms with Gasteiger partial charge in [0.25, 0.3) is 0 Å². The Labute approximate surface area is 73.2 Å². The first-order chi connectivity index (χ1) is 5.38. The summed E-state index contributed by atoms with van der Waals surface area (Å²) in [5, 5.41) is 0. The average Bonchev–Trinajstić information content (AvgIpc) is 2.07. The van der Waals surface area contributed by atoms with E-state index in [0.29, 0.717) is 6.54 Å². The van der Waals surface area contributed by atoms with Gasteiger partial charge in [-0.2, -0.15) is 0 Å². The molecule has 1 aliphatic rings. The highest BCUT2D eigenvalue weighted by atomic mass is 19.1. The van der Waals surface area contributed by atoms with Gasteiger partial charge in [-0.15, -0.1) is 0 Å². The number of hydrogen-bond donors (Lipinski definition) is 1. The van der Waals surface area contributed by atoms with E-state index >= 15 is 0 Å². The molecule has 0 fully saturated rings. The van der Waals surface area contributed by atoms with Crippen molar-refractivity contribution in [1.29, 1.82) is 0 Å². The Morgan fingerprint density at radius 2 is 2.08 bits per heavy atom. The number of hydrogen-bond acceptors (Lipinski definition) is 2. The molecule has 12 heavy (non-hydrogen) atoms. The summed E-state index contributed by atoms with van der Waals surface area (Å²) in [7, 11) is 0. The highest BCUT2D eigenvalue weighted by molar-refractivity contribution is 5.18. The molecule has 0 aromatic rings. The maximum Gasteiger partial charge on any atom is 0.118 e. The van der Waals surface area contributed by atoms with Gasteiger partial charge in [0.2, 0.25) is 0 Å². The smallest absolute Gasteiger partial charge is 0.118 e. The van der Waals surface area contributed by atoms with Crippen LogP contribution in [0.2, 0.25) is 0 Å². The van der Waals surface area contributed by atoms with Gasteiger partial charge in [-0.1, -0.05) is 0 Å². The van der Waals surface area contributed by atoms with Crippen LogP contribution in [0.1, 0.15) is 20.8 Å². The highest BCUT2D eigenvalue weighted by Crippen LogP contribution is 2.17. The molecule has 3 heteroatoms. The fraction of sp³-hybridized carbons (Fsp3) is 0.778. The zero-order valence-electron chi connectivity index (χ0n) is 8.02. The highest BCUT2D eigenvalue weighted by Gasteiger charge is 2.24. The Hall–Kier alpha value is -0.570. The van der Waals surface area contributed by atoms with Crippen molar-refractivity contribution in [2.75, 3.05) is 19.6 Å². The molecule has 0 unspecified atom stereocenters. The van der Waals surface area contributed by atoms with Crippen molar-refractivity contribution in [2.24, 2.45) is 5.73 Å². The second-order valence-corrected chi connectivity index (χ2v) is 4.17. The van der Waals surface area contributed by atoms with E-state index in [2.05, 4.69) is 0 Å². The van der Waals surface area contributed by atoms with E-state index in [-0.39, 0.29) is 0 Å². The Balaban J connectivity index is 2.43. The molecule has 70 valence electrons. The largest absolute Gasteiger partial charge is 0.401 e. The Bertz CT molecular complexity index is 189. The third kappa shape index (κ3) is 2.48. The summed E-state index contributed by atoms with van der Waals surface area (Å²) in [5.74, 6) is 0. The van der Waals surface area contributed by atoms with E-state index in [1.54, 1.807) is 13.8 Å². The van der Waals surface area contributed by atoms with Crippen LogP contribution in [0.25, 0.3) is 0 Å². The van der Waals surface area contributed by atoms with Crippen molar-refractivity contribution in [1.82, 2.24) is 4.90 Å². The number of nitrogens with two attached hydrogens (primary N) is 1. The van der Waals surface area contributed by atoms with E-state index in [0.717, 1.165) is 18.8 Å². The molecule has 0 amide bonds.